The second-order valence-electron chi connectivity index (χ2n) is 8.45. The number of nitrogens with zero attached hydrogens (tertiary/aromatic N) is 3. The summed E-state index contributed by atoms with van der Waals surface area (Å²) in [5.74, 6) is 2.23. The zero-order chi connectivity index (χ0) is 23.6. The molecule has 9 heteroatoms. The molecule has 0 aliphatic carbocycles. The maximum atomic E-state index is 13.2. The second-order valence-corrected chi connectivity index (χ2v) is 10.4. The fraction of sp³-hybridized carbons (Fsp3) is 0.417. The second kappa shape index (κ2) is 9.52. The first-order valence-electron chi connectivity index (χ1n) is 11.0. The van der Waals surface area contributed by atoms with E-state index in [2.05, 4.69) is 24.0 Å². The van der Waals surface area contributed by atoms with Crippen molar-refractivity contribution in [1.82, 2.24) is 14.4 Å². The monoisotopic (exact) mass is 471 g/mol. The molecule has 1 saturated heterocycles. The van der Waals surface area contributed by atoms with Gasteiger partial charge in [0, 0.05) is 18.7 Å². The van der Waals surface area contributed by atoms with Crippen LogP contribution in [0.15, 0.2) is 51.9 Å². The van der Waals surface area contributed by atoms with Crippen molar-refractivity contribution in [2.24, 2.45) is 0 Å². The molecule has 0 bridgehead atoms. The van der Waals surface area contributed by atoms with E-state index in [0.29, 0.717) is 47.1 Å². The summed E-state index contributed by atoms with van der Waals surface area (Å²) in [5.41, 5.74) is 1.84. The topological polar surface area (TPSA) is 94.8 Å². The van der Waals surface area contributed by atoms with Gasteiger partial charge in [-0.05, 0) is 54.7 Å². The Bertz CT molecular complexity index is 1210. The lowest BCUT2D eigenvalue weighted by atomic mass is 10.00. The summed E-state index contributed by atoms with van der Waals surface area (Å²) in [7, 11) is -0.453. The summed E-state index contributed by atoms with van der Waals surface area (Å²) in [6.45, 7) is 4.95. The minimum absolute atomic E-state index is 0.162. The third-order valence-corrected chi connectivity index (χ3v) is 7.88. The van der Waals surface area contributed by atoms with Crippen LogP contribution in [-0.2, 0) is 10.0 Å². The maximum absolute atomic E-state index is 13.2. The van der Waals surface area contributed by atoms with Gasteiger partial charge in [0.15, 0.2) is 11.5 Å². The minimum atomic E-state index is -3.59. The number of hydrogen-bond acceptors (Lipinski definition) is 7. The Balaban J connectivity index is 1.53. The van der Waals surface area contributed by atoms with Gasteiger partial charge in [0.2, 0.25) is 21.7 Å². The zero-order valence-electron chi connectivity index (χ0n) is 19.3. The number of piperidine rings is 1. The smallest absolute Gasteiger partial charge is 0.243 e. The summed E-state index contributed by atoms with van der Waals surface area (Å²) in [5, 5.41) is 4.11. The average Bonchev–Trinajstić information content (AvgIpc) is 3.34. The number of aromatic nitrogens is 2. The predicted molar refractivity (Wildman–Crippen MR) is 124 cm³/mol. The lowest BCUT2D eigenvalue weighted by molar-refractivity contribution is 0.265. The van der Waals surface area contributed by atoms with Crippen molar-refractivity contribution in [3.05, 3.63) is 53.9 Å². The molecule has 176 valence electrons. The fourth-order valence-corrected chi connectivity index (χ4v) is 5.55. The molecule has 0 unspecified atom stereocenters. The van der Waals surface area contributed by atoms with E-state index in [1.54, 1.807) is 38.5 Å². The first kappa shape index (κ1) is 23.3. The van der Waals surface area contributed by atoms with Gasteiger partial charge in [-0.15, -0.1) is 0 Å². The van der Waals surface area contributed by atoms with Gasteiger partial charge in [-0.3, -0.25) is 0 Å². The van der Waals surface area contributed by atoms with Gasteiger partial charge in [-0.25, -0.2) is 8.42 Å². The van der Waals surface area contributed by atoms with E-state index in [9.17, 15) is 8.42 Å². The van der Waals surface area contributed by atoms with Gasteiger partial charge >= 0.3 is 0 Å². The van der Waals surface area contributed by atoms with Crippen LogP contribution >= 0.6 is 0 Å². The number of ether oxygens (including phenoxy) is 2. The number of hydrogen-bond donors (Lipinski definition) is 0. The lowest BCUT2D eigenvalue weighted by Gasteiger charge is -2.30. The molecular formula is C24H29N3O5S. The molecule has 0 radical (unpaired) electrons. The third kappa shape index (κ3) is 4.74. The Morgan fingerprint density at radius 3 is 2.45 bits per heavy atom. The van der Waals surface area contributed by atoms with E-state index in [-0.39, 0.29) is 5.92 Å². The van der Waals surface area contributed by atoms with E-state index < -0.39 is 10.0 Å². The summed E-state index contributed by atoms with van der Waals surface area (Å²) >= 11 is 0. The number of sulfonamides is 1. The molecule has 1 fully saturated rings. The number of methoxy groups -OCH3 is 2. The van der Waals surface area contributed by atoms with Crippen molar-refractivity contribution in [3.8, 4) is 22.9 Å². The molecule has 8 nitrogen and oxygen atoms in total. The molecule has 0 amide bonds. The van der Waals surface area contributed by atoms with Crippen molar-refractivity contribution in [2.45, 2.75) is 43.4 Å². The van der Waals surface area contributed by atoms with Gasteiger partial charge in [-0.1, -0.05) is 31.1 Å². The Labute approximate surface area is 194 Å². The highest BCUT2D eigenvalue weighted by molar-refractivity contribution is 7.89. The molecule has 0 saturated carbocycles. The molecule has 1 aliphatic heterocycles. The zero-order valence-corrected chi connectivity index (χ0v) is 20.1. The number of benzene rings is 2. The first-order valence-corrected chi connectivity index (χ1v) is 12.4. The van der Waals surface area contributed by atoms with Gasteiger partial charge in [0.05, 0.1) is 25.0 Å². The van der Waals surface area contributed by atoms with Gasteiger partial charge in [-0.2, -0.15) is 9.29 Å². The Morgan fingerprint density at radius 2 is 1.79 bits per heavy atom. The van der Waals surface area contributed by atoms with Crippen LogP contribution < -0.4 is 9.47 Å². The van der Waals surface area contributed by atoms with Crippen LogP contribution in [0.1, 0.15) is 50.0 Å². The largest absolute Gasteiger partial charge is 0.493 e. The van der Waals surface area contributed by atoms with Gasteiger partial charge in [0.1, 0.15) is 0 Å². The SMILES string of the molecule is COc1ccc(-c2noc([C@@H]3CCCN(S(=O)(=O)c4ccc(C(C)C)cc4)C3)n2)cc1OC. The molecule has 2 aromatic carbocycles. The van der Waals surface area contributed by atoms with Crippen LogP contribution in [0.5, 0.6) is 11.5 Å². The molecule has 0 N–H and O–H groups in total. The van der Waals surface area contributed by atoms with E-state index in [4.69, 9.17) is 14.0 Å². The lowest BCUT2D eigenvalue weighted by Crippen LogP contribution is -2.39. The molecule has 4 rings (SSSR count). The third-order valence-electron chi connectivity index (χ3n) is 6.00. The molecule has 1 aromatic heterocycles. The van der Waals surface area contributed by atoms with Crippen LogP contribution in [0, 0.1) is 0 Å². The Morgan fingerprint density at radius 1 is 1.06 bits per heavy atom. The highest BCUT2D eigenvalue weighted by atomic mass is 32.2. The highest BCUT2D eigenvalue weighted by Gasteiger charge is 2.33. The maximum Gasteiger partial charge on any atom is 0.243 e. The quantitative estimate of drug-likeness (QED) is 0.502. The molecule has 33 heavy (non-hydrogen) atoms. The van der Waals surface area contributed by atoms with Crippen LogP contribution in [0.2, 0.25) is 0 Å². The van der Waals surface area contributed by atoms with Crippen LogP contribution in [0.4, 0.5) is 0 Å². The number of rotatable bonds is 7. The average molecular weight is 472 g/mol. The Hall–Kier alpha value is -2.91. The van der Waals surface area contributed by atoms with E-state index in [1.807, 2.05) is 18.2 Å². The molecule has 0 spiro atoms. The minimum Gasteiger partial charge on any atom is -0.493 e. The molecule has 2 heterocycles. The normalized spacial score (nSPS) is 17.3. The first-order chi connectivity index (χ1) is 15.8. The van der Waals surface area contributed by atoms with Crippen LogP contribution in [-0.4, -0.2) is 50.2 Å². The van der Waals surface area contributed by atoms with Gasteiger partial charge in [0.25, 0.3) is 0 Å². The summed E-state index contributed by atoms with van der Waals surface area (Å²) < 4.78 is 44.2. The summed E-state index contributed by atoms with van der Waals surface area (Å²) in [6, 6.07) is 12.5. The van der Waals surface area contributed by atoms with Crippen LogP contribution in [0.3, 0.4) is 0 Å². The van der Waals surface area contributed by atoms with Crippen LogP contribution in [0.25, 0.3) is 11.4 Å². The molecule has 1 aliphatic rings. The van der Waals surface area contributed by atoms with Crippen molar-refractivity contribution < 1.29 is 22.4 Å². The van der Waals surface area contributed by atoms with E-state index in [1.165, 1.54) is 4.31 Å². The van der Waals surface area contributed by atoms with Crippen molar-refractivity contribution >= 4 is 10.0 Å². The van der Waals surface area contributed by atoms with Crippen molar-refractivity contribution in [3.63, 3.8) is 0 Å². The predicted octanol–water partition coefficient (Wildman–Crippen LogP) is 4.45. The van der Waals surface area contributed by atoms with Gasteiger partial charge < -0.3 is 14.0 Å². The fourth-order valence-electron chi connectivity index (χ4n) is 4.03. The molecule has 1 atom stereocenters. The van der Waals surface area contributed by atoms with Crippen molar-refractivity contribution in [2.75, 3.05) is 27.3 Å². The standard InChI is InChI=1S/C24H29N3O5S/c1-16(2)17-7-10-20(11-8-17)33(28,29)27-13-5-6-19(15-27)24-25-23(26-32-24)18-9-12-21(30-3)22(14-18)31-4/h7-12,14,16,19H,5-6,13,15H2,1-4H3/t19-/m1/s1. The molecular weight excluding hydrogens is 442 g/mol. The van der Waals surface area contributed by atoms with E-state index in [0.717, 1.165) is 24.0 Å². The molecule has 3 aromatic rings. The summed E-state index contributed by atoms with van der Waals surface area (Å²) in [4.78, 5) is 4.87. The van der Waals surface area contributed by atoms with E-state index >= 15 is 0 Å². The summed E-state index contributed by atoms with van der Waals surface area (Å²) in [6.07, 6.45) is 1.51. The Kier molecular flexibility index (Phi) is 6.71. The highest BCUT2D eigenvalue weighted by Crippen LogP contribution is 2.34. The van der Waals surface area contributed by atoms with Crippen molar-refractivity contribution in [1.29, 1.82) is 0 Å².